The monoisotopic (exact) mass is 456 g/mol. The molecule has 0 aromatic heterocycles. The van der Waals surface area contributed by atoms with Gasteiger partial charge >= 0.3 is 6.03 Å². The standard InChI is InChI=1S/C27H24N2O5/c1-3-33-22-13-9-21(10-14-22)29-26(31)24(25(30)28-27(29)32)16-19-7-11-23(12-8-19)34-17-20-6-4-5-18(2)15-20/h4-16H,3,17H2,1-2H3,(H,28,30,32)/b24-16+. The van der Waals surface area contributed by atoms with Crippen molar-refractivity contribution in [2.75, 3.05) is 11.5 Å². The summed E-state index contributed by atoms with van der Waals surface area (Å²) < 4.78 is 11.2. The number of hydrogen-bond acceptors (Lipinski definition) is 5. The van der Waals surface area contributed by atoms with Crippen molar-refractivity contribution < 1.29 is 23.9 Å². The van der Waals surface area contributed by atoms with E-state index in [0.717, 1.165) is 16.0 Å². The van der Waals surface area contributed by atoms with Crippen LogP contribution >= 0.6 is 0 Å². The van der Waals surface area contributed by atoms with Gasteiger partial charge in [-0.1, -0.05) is 42.0 Å². The zero-order valence-electron chi connectivity index (χ0n) is 18.9. The third-order valence-corrected chi connectivity index (χ3v) is 5.19. The van der Waals surface area contributed by atoms with E-state index >= 15 is 0 Å². The molecule has 7 nitrogen and oxygen atoms in total. The van der Waals surface area contributed by atoms with Crippen LogP contribution in [0.5, 0.6) is 11.5 Å². The van der Waals surface area contributed by atoms with Crippen molar-refractivity contribution in [2.24, 2.45) is 0 Å². The minimum Gasteiger partial charge on any atom is -0.494 e. The van der Waals surface area contributed by atoms with E-state index in [1.165, 1.54) is 6.08 Å². The van der Waals surface area contributed by atoms with Gasteiger partial charge in [0.05, 0.1) is 12.3 Å². The second-order valence-corrected chi connectivity index (χ2v) is 7.73. The number of hydrogen-bond donors (Lipinski definition) is 1. The van der Waals surface area contributed by atoms with Gasteiger partial charge in [-0.15, -0.1) is 0 Å². The van der Waals surface area contributed by atoms with Gasteiger partial charge in [-0.25, -0.2) is 9.69 Å². The first-order valence-corrected chi connectivity index (χ1v) is 10.9. The Balaban J connectivity index is 1.50. The average Bonchev–Trinajstić information content (AvgIpc) is 2.82. The summed E-state index contributed by atoms with van der Waals surface area (Å²) in [7, 11) is 0. The maximum atomic E-state index is 13.0. The summed E-state index contributed by atoms with van der Waals surface area (Å²) in [5.41, 5.74) is 3.06. The molecule has 0 bridgehead atoms. The lowest BCUT2D eigenvalue weighted by Crippen LogP contribution is -2.54. The summed E-state index contributed by atoms with van der Waals surface area (Å²) in [6, 6.07) is 20.8. The molecule has 34 heavy (non-hydrogen) atoms. The minimum atomic E-state index is -0.795. The van der Waals surface area contributed by atoms with Crippen LogP contribution in [0.3, 0.4) is 0 Å². The Labute approximate surface area is 197 Å². The molecule has 0 spiro atoms. The van der Waals surface area contributed by atoms with Gasteiger partial charge in [0.2, 0.25) is 0 Å². The quantitative estimate of drug-likeness (QED) is 0.414. The van der Waals surface area contributed by atoms with Crippen LogP contribution in [0, 0.1) is 6.92 Å². The van der Waals surface area contributed by atoms with Crippen LogP contribution in [0.1, 0.15) is 23.6 Å². The van der Waals surface area contributed by atoms with Gasteiger partial charge in [-0.3, -0.25) is 14.9 Å². The fourth-order valence-electron chi connectivity index (χ4n) is 3.55. The zero-order valence-corrected chi connectivity index (χ0v) is 18.9. The summed E-state index contributed by atoms with van der Waals surface area (Å²) in [6.45, 7) is 4.82. The molecule has 1 N–H and O–H groups in total. The van der Waals surface area contributed by atoms with Crippen LogP contribution in [0.2, 0.25) is 0 Å². The van der Waals surface area contributed by atoms with Gasteiger partial charge in [0, 0.05) is 0 Å². The third-order valence-electron chi connectivity index (χ3n) is 5.19. The number of urea groups is 1. The SMILES string of the molecule is CCOc1ccc(N2C(=O)NC(=O)/C(=C\c3ccc(OCc4cccc(C)c4)cc3)C2=O)cc1. The first kappa shape index (κ1) is 22.8. The number of carbonyl (C=O) groups excluding carboxylic acids is 3. The van der Waals surface area contributed by atoms with Gasteiger partial charge in [-0.2, -0.15) is 0 Å². The van der Waals surface area contributed by atoms with Crippen molar-refractivity contribution in [2.45, 2.75) is 20.5 Å². The smallest absolute Gasteiger partial charge is 0.335 e. The molecule has 0 radical (unpaired) electrons. The van der Waals surface area contributed by atoms with Gasteiger partial charge in [-0.05, 0) is 67.4 Å². The maximum Gasteiger partial charge on any atom is 0.335 e. The number of ether oxygens (including phenoxy) is 2. The summed E-state index contributed by atoms with van der Waals surface area (Å²) in [4.78, 5) is 38.7. The number of imide groups is 2. The number of barbiturate groups is 1. The van der Waals surface area contributed by atoms with Gasteiger partial charge in [0.1, 0.15) is 23.7 Å². The summed E-state index contributed by atoms with van der Waals surface area (Å²) in [6.07, 6.45) is 1.45. The number of benzene rings is 3. The topological polar surface area (TPSA) is 84.9 Å². The van der Waals surface area contributed by atoms with E-state index in [0.29, 0.717) is 36.0 Å². The van der Waals surface area contributed by atoms with E-state index < -0.39 is 17.8 Å². The maximum absolute atomic E-state index is 13.0. The van der Waals surface area contributed by atoms with Crippen molar-refractivity contribution in [3.8, 4) is 11.5 Å². The highest BCUT2D eigenvalue weighted by Crippen LogP contribution is 2.25. The Morgan fingerprint density at radius 2 is 1.56 bits per heavy atom. The molecule has 0 atom stereocenters. The first-order chi connectivity index (χ1) is 16.4. The van der Waals surface area contributed by atoms with Gasteiger partial charge < -0.3 is 9.47 Å². The summed E-state index contributed by atoms with van der Waals surface area (Å²) in [5, 5.41) is 2.23. The van der Waals surface area contributed by atoms with Crippen LogP contribution in [-0.2, 0) is 16.2 Å². The van der Waals surface area contributed by atoms with Gasteiger partial charge in [0.25, 0.3) is 11.8 Å². The van der Waals surface area contributed by atoms with E-state index in [9.17, 15) is 14.4 Å². The van der Waals surface area contributed by atoms with Crippen molar-refractivity contribution >= 4 is 29.6 Å². The highest BCUT2D eigenvalue weighted by molar-refractivity contribution is 6.39. The number of amides is 4. The highest BCUT2D eigenvalue weighted by atomic mass is 16.5. The fourth-order valence-corrected chi connectivity index (χ4v) is 3.55. The Bertz CT molecular complexity index is 1250. The predicted octanol–water partition coefficient (Wildman–Crippen LogP) is 4.64. The number of aryl methyl sites for hydroxylation is 1. The Morgan fingerprint density at radius 3 is 2.24 bits per heavy atom. The van der Waals surface area contributed by atoms with E-state index in [-0.39, 0.29) is 5.57 Å². The number of anilines is 1. The predicted molar refractivity (Wildman–Crippen MR) is 129 cm³/mol. The molecule has 1 fully saturated rings. The van der Waals surface area contributed by atoms with E-state index in [1.54, 1.807) is 48.5 Å². The molecule has 3 aromatic carbocycles. The van der Waals surface area contributed by atoms with Crippen molar-refractivity contribution in [3.05, 3.63) is 95.1 Å². The molecule has 4 rings (SSSR count). The largest absolute Gasteiger partial charge is 0.494 e. The Morgan fingerprint density at radius 1 is 0.882 bits per heavy atom. The number of rotatable bonds is 7. The van der Waals surface area contributed by atoms with Crippen LogP contribution in [0.25, 0.3) is 6.08 Å². The molecule has 1 saturated heterocycles. The molecule has 1 aliphatic heterocycles. The summed E-state index contributed by atoms with van der Waals surface area (Å²) in [5.74, 6) is -0.156. The molecular formula is C27H24N2O5. The van der Waals surface area contributed by atoms with E-state index in [2.05, 4.69) is 11.4 Å². The third kappa shape index (κ3) is 5.15. The molecule has 0 unspecified atom stereocenters. The fraction of sp³-hybridized carbons (Fsp3) is 0.148. The molecule has 1 aliphatic rings. The Kier molecular flexibility index (Phi) is 6.73. The van der Waals surface area contributed by atoms with Crippen LogP contribution < -0.4 is 19.7 Å². The molecule has 172 valence electrons. The second-order valence-electron chi connectivity index (χ2n) is 7.73. The minimum absolute atomic E-state index is 0.137. The number of carbonyl (C=O) groups is 3. The van der Waals surface area contributed by atoms with Crippen molar-refractivity contribution in [3.63, 3.8) is 0 Å². The molecule has 3 aromatic rings. The number of nitrogens with one attached hydrogen (secondary N) is 1. The van der Waals surface area contributed by atoms with E-state index in [1.807, 2.05) is 32.0 Å². The molecule has 4 amide bonds. The van der Waals surface area contributed by atoms with E-state index in [4.69, 9.17) is 9.47 Å². The lowest BCUT2D eigenvalue weighted by atomic mass is 10.1. The number of nitrogens with zero attached hydrogens (tertiary/aromatic N) is 1. The van der Waals surface area contributed by atoms with Crippen molar-refractivity contribution in [1.29, 1.82) is 0 Å². The first-order valence-electron chi connectivity index (χ1n) is 10.9. The average molecular weight is 456 g/mol. The molecule has 0 aliphatic carbocycles. The summed E-state index contributed by atoms with van der Waals surface area (Å²) >= 11 is 0. The molecular weight excluding hydrogens is 432 g/mol. The van der Waals surface area contributed by atoms with Gasteiger partial charge in [0.15, 0.2) is 0 Å². The molecule has 0 saturated carbocycles. The van der Waals surface area contributed by atoms with Crippen LogP contribution in [0.15, 0.2) is 78.4 Å². The zero-order chi connectivity index (χ0) is 24.1. The molecule has 7 heteroatoms. The lowest BCUT2D eigenvalue weighted by molar-refractivity contribution is -0.122. The van der Waals surface area contributed by atoms with Crippen LogP contribution in [-0.4, -0.2) is 24.5 Å². The van der Waals surface area contributed by atoms with Crippen LogP contribution in [0.4, 0.5) is 10.5 Å². The lowest BCUT2D eigenvalue weighted by Gasteiger charge is -2.26. The molecule has 1 heterocycles. The highest BCUT2D eigenvalue weighted by Gasteiger charge is 2.36. The second kappa shape index (κ2) is 10.0. The van der Waals surface area contributed by atoms with Crippen molar-refractivity contribution in [1.82, 2.24) is 5.32 Å². The Hall–Kier alpha value is -4.39. The normalized spacial score (nSPS) is 14.8.